The van der Waals surface area contributed by atoms with E-state index in [4.69, 9.17) is 0 Å². The molecule has 0 spiro atoms. The molecular formula is C12H23N3O2. The zero-order valence-corrected chi connectivity index (χ0v) is 10.8. The maximum absolute atomic E-state index is 11.6. The molecule has 0 atom stereocenters. The quantitative estimate of drug-likeness (QED) is 0.634. The molecule has 1 rings (SSSR count). The predicted molar refractivity (Wildman–Crippen MR) is 66.6 cm³/mol. The summed E-state index contributed by atoms with van der Waals surface area (Å²) < 4.78 is 0. The third-order valence-corrected chi connectivity index (χ3v) is 2.91. The van der Waals surface area contributed by atoms with Crippen LogP contribution in [0.2, 0.25) is 0 Å². The minimum Gasteiger partial charge on any atom is -0.354 e. The number of rotatable bonds is 8. The molecule has 1 fully saturated rings. The Kier molecular flexibility index (Phi) is 5.97. The Hall–Kier alpha value is -1.10. The van der Waals surface area contributed by atoms with E-state index in [0.717, 1.165) is 13.1 Å². The summed E-state index contributed by atoms with van der Waals surface area (Å²) >= 11 is 0. The zero-order valence-electron chi connectivity index (χ0n) is 10.8. The smallest absolute Gasteiger partial charge is 0.233 e. The van der Waals surface area contributed by atoms with Gasteiger partial charge in [-0.2, -0.15) is 0 Å². The van der Waals surface area contributed by atoms with E-state index >= 15 is 0 Å². The fourth-order valence-electron chi connectivity index (χ4n) is 1.63. The van der Waals surface area contributed by atoms with Crippen LogP contribution in [0.4, 0.5) is 0 Å². The fourth-order valence-corrected chi connectivity index (χ4v) is 1.63. The van der Waals surface area contributed by atoms with E-state index in [0.29, 0.717) is 25.6 Å². The summed E-state index contributed by atoms with van der Waals surface area (Å²) in [7, 11) is 0. The van der Waals surface area contributed by atoms with Crippen molar-refractivity contribution >= 4 is 11.8 Å². The molecule has 1 aliphatic carbocycles. The highest BCUT2D eigenvalue weighted by molar-refractivity contribution is 5.80. The van der Waals surface area contributed by atoms with Gasteiger partial charge in [0.05, 0.1) is 6.54 Å². The molecule has 0 aromatic rings. The highest BCUT2D eigenvalue weighted by Crippen LogP contribution is 2.17. The van der Waals surface area contributed by atoms with Crippen molar-refractivity contribution in [3.63, 3.8) is 0 Å². The van der Waals surface area contributed by atoms with Crippen LogP contribution in [0.5, 0.6) is 0 Å². The molecule has 0 radical (unpaired) electrons. The van der Waals surface area contributed by atoms with Gasteiger partial charge in [0.1, 0.15) is 0 Å². The van der Waals surface area contributed by atoms with Gasteiger partial charge in [-0.1, -0.05) is 0 Å². The molecule has 1 aliphatic rings. The van der Waals surface area contributed by atoms with E-state index in [9.17, 15) is 9.59 Å². The molecule has 0 aromatic heterocycles. The van der Waals surface area contributed by atoms with Gasteiger partial charge in [-0.15, -0.1) is 0 Å². The molecule has 2 amide bonds. The second kappa shape index (κ2) is 7.27. The predicted octanol–water partition coefficient (Wildman–Crippen LogP) is 0.113. The summed E-state index contributed by atoms with van der Waals surface area (Å²) in [6, 6.07) is 0.540. The Morgan fingerprint density at radius 1 is 1.24 bits per heavy atom. The standard InChI is InChI=1S/C12H23N3O2/c1-3-15(4-2)12(17)7-8-13-11(16)9-14-10-5-6-10/h10,14H,3-9H2,1-2H3,(H,13,16). The molecule has 0 aromatic carbocycles. The molecule has 5 nitrogen and oxygen atoms in total. The van der Waals surface area contributed by atoms with Crippen LogP contribution in [0.1, 0.15) is 33.1 Å². The summed E-state index contributed by atoms with van der Waals surface area (Å²) in [5, 5.41) is 5.88. The van der Waals surface area contributed by atoms with E-state index in [1.165, 1.54) is 12.8 Å². The van der Waals surface area contributed by atoms with Gasteiger partial charge in [-0.3, -0.25) is 9.59 Å². The summed E-state index contributed by atoms with van der Waals surface area (Å²) in [5.74, 6) is 0.0784. The summed E-state index contributed by atoms with van der Waals surface area (Å²) in [5.41, 5.74) is 0. The number of carbonyl (C=O) groups excluding carboxylic acids is 2. The van der Waals surface area contributed by atoms with E-state index in [2.05, 4.69) is 10.6 Å². The first kappa shape index (κ1) is 14.0. The largest absolute Gasteiger partial charge is 0.354 e. The highest BCUT2D eigenvalue weighted by atomic mass is 16.2. The normalized spacial score (nSPS) is 14.5. The topological polar surface area (TPSA) is 61.4 Å². The van der Waals surface area contributed by atoms with E-state index < -0.39 is 0 Å². The average molecular weight is 241 g/mol. The third-order valence-electron chi connectivity index (χ3n) is 2.91. The molecule has 98 valence electrons. The molecule has 0 bridgehead atoms. The third kappa shape index (κ3) is 5.68. The minimum atomic E-state index is -0.0238. The van der Waals surface area contributed by atoms with Gasteiger partial charge in [-0.05, 0) is 26.7 Å². The number of nitrogens with one attached hydrogen (secondary N) is 2. The summed E-state index contributed by atoms with van der Waals surface area (Å²) in [6.07, 6.45) is 2.73. The van der Waals surface area contributed by atoms with Gasteiger partial charge < -0.3 is 15.5 Å². The molecule has 5 heteroatoms. The molecule has 0 saturated heterocycles. The molecule has 0 unspecified atom stereocenters. The van der Waals surface area contributed by atoms with Crippen molar-refractivity contribution in [1.82, 2.24) is 15.5 Å². The van der Waals surface area contributed by atoms with Gasteiger partial charge in [0.25, 0.3) is 0 Å². The Labute approximate surface area is 103 Å². The average Bonchev–Trinajstić information content (AvgIpc) is 3.12. The number of nitrogens with zero attached hydrogens (tertiary/aromatic N) is 1. The maximum atomic E-state index is 11.6. The Bertz CT molecular complexity index is 260. The van der Waals surface area contributed by atoms with Gasteiger partial charge in [-0.25, -0.2) is 0 Å². The number of hydrogen-bond acceptors (Lipinski definition) is 3. The first-order valence-corrected chi connectivity index (χ1v) is 6.45. The zero-order chi connectivity index (χ0) is 12.7. The Morgan fingerprint density at radius 3 is 2.41 bits per heavy atom. The second-order valence-corrected chi connectivity index (χ2v) is 4.32. The molecular weight excluding hydrogens is 218 g/mol. The van der Waals surface area contributed by atoms with E-state index in [1.807, 2.05) is 13.8 Å². The molecule has 0 heterocycles. The lowest BCUT2D eigenvalue weighted by Gasteiger charge is -2.18. The van der Waals surface area contributed by atoms with Crippen LogP contribution < -0.4 is 10.6 Å². The number of hydrogen-bond donors (Lipinski definition) is 2. The van der Waals surface area contributed by atoms with Gasteiger partial charge in [0.2, 0.25) is 11.8 Å². The monoisotopic (exact) mass is 241 g/mol. The van der Waals surface area contributed by atoms with E-state index in [1.54, 1.807) is 4.90 Å². The fraction of sp³-hybridized carbons (Fsp3) is 0.833. The van der Waals surface area contributed by atoms with Crippen molar-refractivity contribution in [2.24, 2.45) is 0 Å². The van der Waals surface area contributed by atoms with Gasteiger partial charge in [0.15, 0.2) is 0 Å². The van der Waals surface area contributed by atoms with Crippen molar-refractivity contribution < 1.29 is 9.59 Å². The first-order chi connectivity index (χ1) is 8.17. The van der Waals surface area contributed by atoms with Gasteiger partial charge in [0, 0.05) is 32.1 Å². The van der Waals surface area contributed by atoms with Crippen molar-refractivity contribution in [1.29, 1.82) is 0 Å². The van der Waals surface area contributed by atoms with Crippen LogP contribution in [-0.4, -0.2) is 48.9 Å². The lowest BCUT2D eigenvalue weighted by Crippen LogP contribution is -2.38. The minimum absolute atomic E-state index is 0.0238. The number of amides is 2. The molecule has 2 N–H and O–H groups in total. The Balaban J connectivity index is 2.04. The van der Waals surface area contributed by atoms with Crippen LogP contribution >= 0.6 is 0 Å². The summed E-state index contributed by atoms with van der Waals surface area (Å²) in [6.45, 7) is 6.17. The van der Waals surface area contributed by atoms with Crippen molar-refractivity contribution in [2.75, 3.05) is 26.2 Å². The summed E-state index contributed by atoms with van der Waals surface area (Å²) in [4.78, 5) is 24.8. The van der Waals surface area contributed by atoms with Crippen molar-refractivity contribution in [2.45, 2.75) is 39.2 Å². The molecule has 17 heavy (non-hydrogen) atoms. The van der Waals surface area contributed by atoms with Gasteiger partial charge >= 0.3 is 0 Å². The second-order valence-electron chi connectivity index (χ2n) is 4.32. The van der Waals surface area contributed by atoms with Crippen LogP contribution in [0, 0.1) is 0 Å². The molecule has 0 aliphatic heterocycles. The Morgan fingerprint density at radius 2 is 1.88 bits per heavy atom. The maximum Gasteiger partial charge on any atom is 0.233 e. The van der Waals surface area contributed by atoms with Crippen molar-refractivity contribution in [3.05, 3.63) is 0 Å². The van der Waals surface area contributed by atoms with Crippen LogP contribution in [-0.2, 0) is 9.59 Å². The SMILES string of the molecule is CCN(CC)C(=O)CCNC(=O)CNC1CC1. The lowest BCUT2D eigenvalue weighted by atomic mass is 10.3. The van der Waals surface area contributed by atoms with Crippen LogP contribution in [0.3, 0.4) is 0 Å². The molecule has 1 saturated carbocycles. The van der Waals surface area contributed by atoms with Crippen molar-refractivity contribution in [3.8, 4) is 0 Å². The van der Waals surface area contributed by atoms with Crippen LogP contribution in [0.25, 0.3) is 0 Å². The lowest BCUT2D eigenvalue weighted by molar-refractivity contribution is -0.130. The number of carbonyl (C=O) groups is 2. The van der Waals surface area contributed by atoms with E-state index in [-0.39, 0.29) is 11.8 Å². The highest BCUT2D eigenvalue weighted by Gasteiger charge is 2.21. The van der Waals surface area contributed by atoms with Crippen LogP contribution in [0.15, 0.2) is 0 Å². The first-order valence-electron chi connectivity index (χ1n) is 6.45.